The predicted octanol–water partition coefficient (Wildman–Crippen LogP) is 0.845. The van der Waals surface area contributed by atoms with Crippen molar-refractivity contribution in [2.24, 2.45) is 0 Å². The third kappa shape index (κ3) is 8.37. The maximum absolute atomic E-state index is 8.91. The summed E-state index contributed by atoms with van der Waals surface area (Å²) >= 11 is 0. The van der Waals surface area contributed by atoms with E-state index in [4.69, 9.17) is 10.00 Å². The van der Waals surface area contributed by atoms with Gasteiger partial charge in [-0.3, -0.25) is 5.32 Å². The lowest BCUT2D eigenvalue weighted by Gasteiger charge is -2.19. The molecule has 0 heterocycles. The summed E-state index contributed by atoms with van der Waals surface area (Å²) in [5.74, 6) is 0. The van der Waals surface area contributed by atoms with Crippen LogP contribution in [0, 0.1) is 11.3 Å². The van der Waals surface area contributed by atoms with E-state index in [2.05, 4.69) is 30.1 Å². The summed E-state index contributed by atoms with van der Waals surface area (Å²) in [5.41, 5.74) is 0. The standard InChI is InChI=1S/C11H23N3O/c1-10(2)13-11(9-12)5-6-14(3)7-8-15-4/h10-11,13H,5-8H2,1-4H3. The van der Waals surface area contributed by atoms with E-state index in [-0.39, 0.29) is 6.04 Å². The minimum absolute atomic E-state index is 0.0463. The molecule has 0 aromatic rings. The Labute approximate surface area is 93.2 Å². The quantitative estimate of drug-likeness (QED) is 0.649. The SMILES string of the molecule is COCCN(C)CCC(C#N)NC(C)C. The maximum Gasteiger partial charge on any atom is 0.0967 e. The number of hydrogen-bond donors (Lipinski definition) is 1. The Morgan fingerprint density at radius 3 is 2.53 bits per heavy atom. The number of ether oxygens (including phenoxy) is 1. The van der Waals surface area contributed by atoms with Gasteiger partial charge in [-0.25, -0.2) is 0 Å². The fraction of sp³-hybridized carbons (Fsp3) is 0.909. The Morgan fingerprint density at radius 1 is 1.40 bits per heavy atom. The second kappa shape index (κ2) is 8.66. The average molecular weight is 213 g/mol. The van der Waals surface area contributed by atoms with Crippen LogP contribution < -0.4 is 5.32 Å². The molecule has 0 rings (SSSR count). The van der Waals surface area contributed by atoms with Crippen LogP contribution >= 0.6 is 0 Å². The zero-order valence-corrected chi connectivity index (χ0v) is 10.3. The zero-order valence-electron chi connectivity index (χ0n) is 10.3. The van der Waals surface area contributed by atoms with Crippen molar-refractivity contribution in [2.75, 3.05) is 33.9 Å². The van der Waals surface area contributed by atoms with E-state index in [0.29, 0.717) is 6.04 Å². The molecule has 0 radical (unpaired) electrons. The van der Waals surface area contributed by atoms with Crippen LogP contribution in [0.1, 0.15) is 20.3 Å². The molecule has 0 spiro atoms. The van der Waals surface area contributed by atoms with Crippen LogP contribution in [0.25, 0.3) is 0 Å². The first-order chi connectivity index (χ1) is 7.10. The normalized spacial score (nSPS) is 13.1. The van der Waals surface area contributed by atoms with Gasteiger partial charge in [-0.2, -0.15) is 5.26 Å². The summed E-state index contributed by atoms with van der Waals surface area (Å²) in [7, 11) is 3.75. The largest absolute Gasteiger partial charge is 0.383 e. The van der Waals surface area contributed by atoms with Crippen LogP contribution in [0.5, 0.6) is 0 Å². The van der Waals surface area contributed by atoms with E-state index in [0.717, 1.165) is 26.1 Å². The predicted molar refractivity (Wildman–Crippen MR) is 61.7 cm³/mol. The van der Waals surface area contributed by atoms with Gasteiger partial charge < -0.3 is 9.64 Å². The molecule has 0 saturated heterocycles. The molecule has 0 aromatic heterocycles. The van der Waals surface area contributed by atoms with E-state index in [1.165, 1.54) is 0 Å². The van der Waals surface area contributed by atoms with Crippen LogP contribution in [0.3, 0.4) is 0 Å². The monoisotopic (exact) mass is 213 g/mol. The summed E-state index contributed by atoms with van der Waals surface area (Å²) in [6.45, 7) is 6.68. The number of rotatable bonds is 8. The first-order valence-corrected chi connectivity index (χ1v) is 5.43. The highest BCUT2D eigenvalue weighted by Crippen LogP contribution is 1.95. The Kier molecular flexibility index (Phi) is 8.30. The number of likely N-dealkylation sites (N-methyl/N-ethyl adjacent to an activating group) is 1. The third-order valence-electron chi connectivity index (χ3n) is 2.17. The second-order valence-electron chi connectivity index (χ2n) is 4.09. The fourth-order valence-electron chi connectivity index (χ4n) is 1.30. The molecule has 88 valence electrons. The van der Waals surface area contributed by atoms with Gasteiger partial charge in [-0.05, 0) is 27.3 Å². The number of hydrogen-bond acceptors (Lipinski definition) is 4. The molecule has 0 saturated carbocycles. The molecular weight excluding hydrogens is 190 g/mol. The van der Waals surface area contributed by atoms with Gasteiger partial charge in [0.25, 0.3) is 0 Å². The van der Waals surface area contributed by atoms with Crippen LogP contribution in [-0.2, 0) is 4.74 Å². The Balaban J connectivity index is 3.66. The molecule has 1 atom stereocenters. The van der Waals surface area contributed by atoms with Crippen molar-refractivity contribution in [1.29, 1.82) is 5.26 Å². The smallest absolute Gasteiger partial charge is 0.0967 e. The van der Waals surface area contributed by atoms with E-state index < -0.39 is 0 Å². The molecule has 1 unspecified atom stereocenters. The first kappa shape index (κ1) is 14.4. The minimum Gasteiger partial charge on any atom is -0.383 e. The van der Waals surface area contributed by atoms with Crippen molar-refractivity contribution in [3.8, 4) is 6.07 Å². The average Bonchev–Trinajstić information content (AvgIpc) is 2.20. The summed E-state index contributed by atoms with van der Waals surface area (Å²) in [4.78, 5) is 2.18. The van der Waals surface area contributed by atoms with E-state index in [1.54, 1.807) is 7.11 Å². The van der Waals surface area contributed by atoms with Gasteiger partial charge in [0.05, 0.1) is 18.7 Å². The molecule has 4 heteroatoms. The lowest BCUT2D eigenvalue weighted by molar-refractivity contribution is 0.159. The van der Waals surface area contributed by atoms with Crippen LogP contribution in [0.15, 0.2) is 0 Å². The lowest BCUT2D eigenvalue weighted by Crippen LogP contribution is -2.36. The minimum atomic E-state index is -0.0463. The molecular formula is C11H23N3O. The Morgan fingerprint density at radius 2 is 2.07 bits per heavy atom. The van der Waals surface area contributed by atoms with Crippen LogP contribution in [0.4, 0.5) is 0 Å². The maximum atomic E-state index is 8.91. The molecule has 0 amide bonds. The van der Waals surface area contributed by atoms with Gasteiger partial charge in [-0.15, -0.1) is 0 Å². The van der Waals surface area contributed by atoms with Crippen molar-refractivity contribution in [3.63, 3.8) is 0 Å². The second-order valence-corrected chi connectivity index (χ2v) is 4.09. The molecule has 0 aliphatic heterocycles. The van der Waals surface area contributed by atoms with Gasteiger partial charge >= 0.3 is 0 Å². The van der Waals surface area contributed by atoms with Gasteiger partial charge in [0.2, 0.25) is 0 Å². The summed E-state index contributed by atoms with van der Waals surface area (Å²) in [6.07, 6.45) is 0.856. The van der Waals surface area contributed by atoms with Crippen LogP contribution in [-0.4, -0.2) is 50.8 Å². The zero-order chi connectivity index (χ0) is 11.7. The number of nitrogens with one attached hydrogen (secondary N) is 1. The molecule has 0 bridgehead atoms. The molecule has 0 aromatic carbocycles. The molecule has 1 N–H and O–H groups in total. The van der Waals surface area contributed by atoms with Crippen molar-refractivity contribution in [1.82, 2.24) is 10.2 Å². The van der Waals surface area contributed by atoms with Gasteiger partial charge in [0.1, 0.15) is 0 Å². The molecule has 0 aliphatic rings. The molecule has 0 aliphatic carbocycles. The van der Waals surface area contributed by atoms with Crippen molar-refractivity contribution in [2.45, 2.75) is 32.4 Å². The highest BCUT2D eigenvalue weighted by atomic mass is 16.5. The Bertz CT molecular complexity index is 189. The van der Waals surface area contributed by atoms with Crippen molar-refractivity contribution in [3.05, 3.63) is 0 Å². The first-order valence-electron chi connectivity index (χ1n) is 5.43. The van der Waals surface area contributed by atoms with Crippen LogP contribution in [0.2, 0.25) is 0 Å². The Hall–Kier alpha value is -0.630. The van der Waals surface area contributed by atoms with Gasteiger partial charge in [-0.1, -0.05) is 0 Å². The molecule has 0 fully saturated rings. The number of nitrogens with zero attached hydrogens (tertiary/aromatic N) is 2. The molecule has 4 nitrogen and oxygen atoms in total. The van der Waals surface area contributed by atoms with E-state index >= 15 is 0 Å². The summed E-state index contributed by atoms with van der Waals surface area (Å²) in [5, 5.41) is 12.1. The number of nitriles is 1. The highest BCUT2D eigenvalue weighted by Gasteiger charge is 2.09. The third-order valence-corrected chi connectivity index (χ3v) is 2.17. The molecule has 15 heavy (non-hydrogen) atoms. The van der Waals surface area contributed by atoms with Gasteiger partial charge in [0.15, 0.2) is 0 Å². The van der Waals surface area contributed by atoms with Crippen molar-refractivity contribution < 1.29 is 4.74 Å². The van der Waals surface area contributed by atoms with E-state index in [9.17, 15) is 0 Å². The summed E-state index contributed by atoms with van der Waals surface area (Å²) in [6, 6.07) is 2.59. The topological polar surface area (TPSA) is 48.3 Å². The number of methoxy groups -OCH3 is 1. The lowest BCUT2D eigenvalue weighted by atomic mass is 10.2. The van der Waals surface area contributed by atoms with E-state index in [1.807, 2.05) is 7.05 Å². The summed E-state index contributed by atoms with van der Waals surface area (Å²) < 4.78 is 4.99. The fourth-order valence-corrected chi connectivity index (χ4v) is 1.30. The highest BCUT2D eigenvalue weighted by molar-refractivity contribution is 4.90. The van der Waals surface area contributed by atoms with Gasteiger partial charge in [0, 0.05) is 26.2 Å². The van der Waals surface area contributed by atoms with Crippen molar-refractivity contribution >= 4 is 0 Å².